The van der Waals surface area contributed by atoms with Crippen molar-refractivity contribution in [3.05, 3.63) is 28.8 Å². The summed E-state index contributed by atoms with van der Waals surface area (Å²) in [4.78, 5) is 0. The summed E-state index contributed by atoms with van der Waals surface area (Å²) in [6.45, 7) is 6.41. The molecule has 2 nitrogen and oxygen atoms in total. The lowest BCUT2D eigenvalue weighted by atomic mass is 9.94. The van der Waals surface area contributed by atoms with Gasteiger partial charge in [-0.2, -0.15) is 0 Å². The van der Waals surface area contributed by atoms with Crippen molar-refractivity contribution in [3.63, 3.8) is 0 Å². The van der Waals surface area contributed by atoms with Crippen LogP contribution in [0.3, 0.4) is 0 Å². The van der Waals surface area contributed by atoms with Crippen LogP contribution in [0.4, 0.5) is 0 Å². The van der Waals surface area contributed by atoms with Gasteiger partial charge in [-0.15, -0.1) is 0 Å². The summed E-state index contributed by atoms with van der Waals surface area (Å²) < 4.78 is 6.27. The molecule has 19 heavy (non-hydrogen) atoms. The molecule has 2 heteroatoms. The van der Waals surface area contributed by atoms with Gasteiger partial charge in [0.25, 0.3) is 0 Å². The summed E-state index contributed by atoms with van der Waals surface area (Å²) in [6, 6.07) is 4.54. The fraction of sp³-hybridized carbons (Fsp3) is 0.647. The van der Waals surface area contributed by atoms with Gasteiger partial charge < -0.3 is 10.5 Å². The van der Waals surface area contributed by atoms with Gasteiger partial charge in [0.05, 0.1) is 0 Å². The van der Waals surface area contributed by atoms with Gasteiger partial charge in [-0.3, -0.25) is 0 Å². The Morgan fingerprint density at radius 3 is 2.42 bits per heavy atom. The van der Waals surface area contributed by atoms with Crippen molar-refractivity contribution in [2.45, 2.75) is 71.4 Å². The third kappa shape index (κ3) is 3.73. The van der Waals surface area contributed by atoms with Crippen LogP contribution in [-0.4, -0.2) is 12.1 Å². The van der Waals surface area contributed by atoms with Crippen LogP contribution in [0.1, 0.15) is 55.2 Å². The van der Waals surface area contributed by atoms with E-state index in [2.05, 4.69) is 32.9 Å². The van der Waals surface area contributed by atoms with E-state index in [0.29, 0.717) is 0 Å². The van der Waals surface area contributed by atoms with Crippen molar-refractivity contribution >= 4 is 0 Å². The fourth-order valence-corrected chi connectivity index (χ4v) is 2.91. The van der Waals surface area contributed by atoms with E-state index in [9.17, 15) is 0 Å². The summed E-state index contributed by atoms with van der Waals surface area (Å²) >= 11 is 0. The molecule has 1 aromatic carbocycles. The number of hydrogen-bond acceptors (Lipinski definition) is 2. The fourth-order valence-electron chi connectivity index (χ4n) is 2.91. The van der Waals surface area contributed by atoms with Crippen LogP contribution in [0, 0.1) is 20.8 Å². The van der Waals surface area contributed by atoms with E-state index in [1.807, 2.05) is 0 Å². The van der Waals surface area contributed by atoms with Crippen molar-refractivity contribution in [1.82, 2.24) is 0 Å². The topological polar surface area (TPSA) is 35.2 Å². The van der Waals surface area contributed by atoms with Gasteiger partial charge in [0, 0.05) is 6.04 Å². The Kier molecular flexibility index (Phi) is 4.87. The highest BCUT2D eigenvalue weighted by molar-refractivity contribution is 5.42. The molecule has 1 aromatic rings. The maximum atomic E-state index is 6.30. The van der Waals surface area contributed by atoms with Crippen molar-refractivity contribution in [2.75, 3.05) is 0 Å². The second kappa shape index (κ2) is 6.42. The van der Waals surface area contributed by atoms with Gasteiger partial charge in [-0.1, -0.05) is 25.3 Å². The molecule has 0 amide bonds. The second-order valence-electron chi connectivity index (χ2n) is 6.02. The molecule has 0 radical (unpaired) electrons. The van der Waals surface area contributed by atoms with E-state index in [-0.39, 0.29) is 12.1 Å². The van der Waals surface area contributed by atoms with Gasteiger partial charge >= 0.3 is 0 Å². The maximum Gasteiger partial charge on any atom is 0.123 e. The average Bonchev–Trinajstić information content (AvgIpc) is 2.34. The highest BCUT2D eigenvalue weighted by Gasteiger charge is 2.22. The lowest BCUT2D eigenvalue weighted by Gasteiger charge is -2.28. The Labute approximate surface area is 117 Å². The molecule has 1 saturated carbocycles. The van der Waals surface area contributed by atoms with Gasteiger partial charge in [0.2, 0.25) is 0 Å². The Balaban J connectivity index is 2.14. The summed E-state index contributed by atoms with van der Waals surface area (Å²) in [5, 5.41) is 0. The molecule has 1 aliphatic carbocycles. The molecule has 2 N–H and O–H groups in total. The van der Waals surface area contributed by atoms with Gasteiger partial charge in [-0.05, 0) is 62.8 Å². The number of aryl methyl sites for hydroxylation is 2. The van der Waals surface area contributed by atoms with Crippen LogP contribution in [0.15, 0.2) is 12.1 Å². The highest BCUT2D eigenvalue weighted by Crippen LogP contribution is 2.27. The lowest BCUT2D eigenvalue weighted by Crippen LogP contribution is -2.39. The Morgan fingerprint density at radius 2 is 1.68 bits per heavy atom. The standard InChI is InChI=1S/C17H27NO/c1-12-10-13(2)14(3)17(11-12)19-16-9-7-5-4-6-8-15(16)18/h10-11,15-16H,4-9,18H2,1-3H3. The molecule has 2 rings (SSSR count). The number of rotatable bonds is 2. The zero-order valence-electron chi connectivity index (χ0n) is 12.5. The summed E-state index contributed by atoms with van der Waals surface area (Å²) in [5.74, 6) is 1.03. The van der Waals surface area contributed by atoms with Crippen molar-refractivity contribution < 1.29 is 4.74 Å². The SMILES string of the molecule is Cc1cc(C)c(C)c(OC2CCCCCCC2N)c1. The predicted octanol–water partition coefficient (Wildman–Crippen LogP) is 4.04. The number of benzene rings is 1. The van der Waals surface area contributed by atoms with Crippen LogP contribution >= 0.6 is 0 Å². The normalized spacial score (nSPS) is 24.6. The molecule has 106 valence electrons. The molecule has 2 atom stereocenters. The summed E-state index contributed by atoms with van der Waals surface area (Å²) in [7, 11) is 0. The minimum absolute atomic E-state index is 0.181. The minimum Gasteiger partial charge on any atom is -0.489 e. The van der Waals surface area contributed by atoms with Crippen molar-refractivity contribution in [3.8, 4) is 5.75 Å². The molecule has 1 fully saturated rings. The van der Waals surface area contributed by atoms with Gasteiger partial charge in [0.1, 0.15) is 11.9 Å². The van der Waals surface area contributed by atoms with E-state index < -0.39 is 0 Å². The number of hydrogen-bond donors (Lipinski definition) is 1. The largest absolute Gasteiger partial charge is 0.489 e. The van der Waals surface area contributed by atoms with Gasteiger partial charge in [0.15, 0.2) is 0 Å². The Hall–Kier alpha value is -1.02. The molecule has 0 aromatic heterocycles. The molecular weight excluding hydrogens is 234 g/mol. The molecule has 0 aliphatic heterocycles. The molecule has 0 heterocycles. The Bertz CT molecular complexity index is 428. The first-order valence-electron chi connectivity index (χ1n) is 7.58. The monoisotopic (exact) mass is 261 g/mol. The van der Waals surface area contributed by atoms with E-state index in [1.54, 1.807) is 0 Å². The first kappa shape index (κ1) is 14.4. The van der Waals surface area contributed by atoms with Crippen LogP contribution < -0.4 is 10.5 Å². The third-order valence-electron chi connectivity index (χ3n) is 4.30. The Morgan fingerprint density at radius 1 is 1.00 bits per heavy atom. The van der Waals surface area contributed by atoms with Crippen LogP contribution in [-0.2, 0) is 0 Å². The molecule has 0 spiro atoms. The smallest absolute Gasteiger partial charge is 0.123 e. The number of nitrogens with two attached hydrogens (primary N) is 1. The maximum absolute atomic E-state index is 6.30. The van der Waals surface area contributed by atoms with Gasteiger partial charge in [-0.25, -0.2) is 0 Å². The number of ether oxygens (including phenoxy) is 1. The van der Waals surface area contributed by atoms with E-state index in [4.69, 9.17) is 10.5 Å². The zero-order valence-corrected chi connectivity index (χ0v) is 12.5. The molecule has 0 bridgehead atoms. The van der Waals surface area contributed by atoms with Crippen molar-refractivity contribution in [1.29, 1.82) is 0 Å². The molecule has 2 unspecified atom stereocenters. The van der Waals surface area contributed by atoms with Crippen LogP contribution in [0.2, 0.25) is 0 Å². The zero-order chi connectivity index (χ0) is 13.8. The minimum atomic E-state index is 0.181. The average molecular weight is 261 g/mol. The van der Waals surface area contributed by atoms with Crippen LogP contribution in [0.5, 0.6) is 5.75 Å². The quantitative estimate of drug-likeness (QED) is 0.872. The first-order chi connectivity index (χ1) is 9.08. The summed E-state index contributed by atoms with van der Waals surface area (Å²) in [6.07, 6.45) is 7.48. The highest BCUT2D eigenvalue weighted by atomic mass is 16.5. The van der Waals surface area contributed by atoms with E-state index in [1.165, 1.54) is 42.4 Å². The third-order valence-corrected chi connectivity index (χ3v) is 4.30. The molecular formula is C17H27NO. The molecule has 1 aliphatic rings. The first-order valence-corrected chi connectivity index (χ1v) is 7.58. The van der Waals surface area contributed by atoms with E-state index >= 15 is 0 Å². The summed E-state index contributed by atoms with van der Waals surface area (Å²) in [5.41, 5.74) is 10.1. The molecule has 0 saturated heterocycles. The predicted molar refractivity (Wildman–Crippen MR) is 80.7 cm³/mol. The van der Waals surface area contributed by atoms with Crippen molar-refractivity contribution in [2.24, 2.45) is 5.73 Å². The van der Waals surface area contributed by atoms with E-state index in [0.717, 1.165) is 18.6 Å². The second-order valence-corrected chi connectivity index (χ2v) is 6.02. The van der Waals surface area contributed by atoms with Crippen LogP contribution in [0.25, 0.3) is 0 Å². The lowest BCUT2D eigenvalue weighted by molar-refractivity contribution is 0.144.